The first-order valence-electron chi connectivity index (χ1n) is 5.12. The normalized spacial score (nSPS) is 10.4. The SMILES string of the molecule is COc1cc(F)c(-c2ccnc(CS)n2)cc1F. The van der Waals surface area contributed by atoms with Crippen molar-refractivity contribution in [1.29, 1.82) is 0 Å². The van der Waals surface area contributed by atoms with Gasteiger partial charge in [0.2, 0.25) is 0 Å². The summed E-state index contributed by atoms with van der Waals surface area (Å²) in [6, 6.07) is 3.56. The summed E-state index contributed by atoms with van der Waals surface area (Å²) in [5.41, 5.74) is 0.381. The molecule has 2 aromatic rings. The van der Waals surface area contributed by atoms with Crippen molar-refractivity contribution in [3.8, 4) is 17.0 Å². The number of ether oxygens (including phenoxy) is 1. The lowest BCUT2D eigenvalue weighted by Gasteiger charge is -2.07. The fraction of sp³-hybridized carbons (Fsp3) is 0.167. The molecule has 0 spiro atoms. The van der Waals surface area contributed by atoms with E-state index in [2.05, 4.69) is 22.6 Å². The molecule has 0 unspecified atom stereocenters. The van der Waals surface area contributed by atoms with Crippen LogP contribution in [0.2, 0.25) is 0 Å². The van der Waals surface area contributed by atoms with Crippen LogP contribution < -0.4 is 4.74 Å². The van der Waals surface area contributed by atoms with E-state index in [0.29, 0.717) is 17.3 Å². The third-order valence-corrected chi connectivity index (χ3v) is 2.65. The number of nitrogens with zero attached hydrogens (tertiary/aromatic N) is 2. The number of benzene rings is 1. The molecular formula is C12H10F2N2OS. The summed E-state index contributed by atoms with van der Waals surface area (Å²) in [7, 11) is 1.28. The molecule has 1 aromatic carbocycles. The summed E-state index contributed by atoms with van der Waals surface area (Å²) in [6.45, 7) is 0. The van der Waals surface area contributed by atoms with Crippen LogP contribution in [0.4, 0.5) is 8.78 Å². The average molecular weight is 268 g/mol. The number of hydrogen-bond acceptors (Lipinski definition) is 4. The highest BCUT2D eigenvalue weighted by molar-refractivity contribution is 7.79. The Bertz CT molecular complexity index is 578. The van der Waals surface area contributed by atoms with Crippen LogP contribution in [-0.2, 0) is 5.75 Å². The van der Waals surface area contributed by atoms with Crippen molar-refractivity contribution in [3.63, 3.8) is 0 Å². The molecule has 2 rings (SSSR count). The maximum Gasteiger partial charge on any atom is 0.165 e. The van der Waals surface area contributed by atoms with E-state index in [-0.39, 0.29) is 11.3 Å². The number of aromatic nitrogens is 2. The molecule has 3 nitrogen and oxygen atoms in total. The Morgan fingerprint density at radius 2 is 2.06 bits per heavy atom. The van der Waals surface area contributed by atoms with Crippen LogP contribution in [-0.4, -0.2) is 17.1 Å². The van der Waals surface area contributed by atoms with Gasteiger partial charge in [-0.1, -0.05) is 0 Å². The molecule has 0 atom stereocenters. The second-order valence-electron chi connectivity index (χ2n) is 3.48. The molecule has 0 aliphatic rings. The third kappa shape index (κ3) is 2.43. The smallest absolute Gasteiger partial charge is 0.165 e. The van der Waals surface area contributed by atoms with E-state index >= 15 is 0 Å². The van der Waals surface area contributed by atoms with Gasteiger partial charge in [-0.15, -0.1) is 0 Å². The van der Waals surface area contributed by atoms with Gasteiger partial charge in [-0.2, -0.15) is 12.6 Å². The number of hydrogen-bond donors (Lipinski definition) is 1. The first-order valence-corrected chi connectivity index (χ1v) is 5.75. The zero-order valence-corrected chi connectivity index (χ0v) is 10.4. The fourth-order valence-corrected chi connectivity index (χ4v) is 1.66. The van der Waals surface area contributed by atoms with Crippen LogP contribution in [0, 0.1) is 11.6 Å². The lowest BCUT2D eigenvalue weighted by atomic mass is 10.1. The van der Waals surface area contributed by atoms with Gasteiger partial charge in [0, 0.05) is 17.8 Å². The van der Waals surface area contributed by atoms with Crippen LogP contribution in [0.1, 0.15) is 5.82 Å². The minimum atomic E-state index is -0.639. The zero-order chi connectivity index (χ0) is 13.1. The lowest BCUT2D eigenvalue weighted by molar-refractivity contribution is 0.383. The van der Waals surface area contributed by atoms with Crippen molar-refractivity contribution >= 4 is 12.6 Å². The molecule has 0 saturated carbocycles. The Labute approximate surface area is 108 Å². The number of halogens is 2. The van der Waals surface area contributed by atoms with E-state index in [0.717, 1.165) is 12.1 Å². The van der Waals surface area contributed by atoms with Crippen LogP contribution in [0.25, 0.3) is 11.3 Å². The molecule has 0 radical (unpaired) electrons. The van der Waals surface area contributed by atoms with E-state index in [9.17, 15) is 8.78 Å². The monoisotopic (exact) mass is 268 g/mol. The molecule has 0 aliphatic carbocycles. The minimum Gasteiger partial charge on any atom is -0.494 e. The molecule has 1 heterocycles. The predicted octanol–water partition coefficient (Wildman–Crippen LogP) is 2.86. The summed E-state index contributed by atoms with van der Waals surface area (Å²) in [4.78, 5) is 8.02. The van der Waals surface area contributed by atoms with Crippen LogP contribution in [0.15, 0.2) is 24.4 Å². The molecule has 6 heteroatoms. The van der Waals surface area contributed by atoms with Crippen molar-refractivity contribution in [2.75, 3.05) is 7.11 Å². The van der Waals surface area contributed by atoms with E-state index in [1.165, 1.54) is 19.4 Å². The van der Waals surface area contributed by atoms with Crippen molar-refractivity contribution < 1.29 is 13.5 Å². The summed E-state index contributed by atoms with van der Waals surface area (Å²) in [5, 5.41) is 0. The molecular weight excluding hydrogens is 258 g/mol. The van der Waals surface area contributed by atoms with Crippen molar-refractivity contribution in [2.24, 2.45) is 0 Å². The largest absolute Gasteiger partial charge is 0.494 e. The first-order chi connectivity index (χ1) is 8.65. The van der Waals surface area contributed by atoms with E-state index < -0.39 is 11.6 Å². The highest BCUT2D eigenvalue weighted by Gasteiger charge is 2.13. The van der Waals surface area contributed by atoms with Gasteiger partial charge in [-0.3, -0.25) is 0 Å². The molecule has 1 aromatic heterocycles. The van der Waals surface area contributed by atoms with E-state index in [1.54, 1.807) is 0 Å². The Morgan fingerprint density at radius 1 is 1.28 bits per heavy atom. The van der Waals surface area contributed by atoms with Gasteiger partial charge in [0.25, 0.3) is 0 Å². The molecule has 0 aliphatic heterocycles. The Hall–Kier alpha value is -1.69. The van der Waals surface area contributed by atoms with Gasteiger partial charge < -0.3 is 4.74 Å². The fourth-order valence-electron chi connectivity index (χ4n) is 1.51. The average Bonchev–Trinajstić information content (AvgIpc) is 2.41. The van der Waals surface area contributed by atoms with Gasteiger partial charge in [0.15, 0.2) is 11.6 Å². The van der Waals surface area contributed by atoms with Gasteiger partial charge in [0.1, 0.15) is 11.6 Å². The van der Waals surface area contributed by atoms with Crippen molar-refractivity contribution in [2.45, 2.75) is 5.75 Å². The molecule has 0 fully saturated rings. The molecule has 94 valence electrons. The second-order valence-corrected chi connectivity index (χ2v) is 3.80. The second kappa shape index (κ2) is 5.30. The van der Waals surface area contributed by atoms with Crippen LogP contribution >= 0.6 is 12.6 Å². The van der Waals surface area contributed by atoms with Crippen LogP contribution in [0.5, 0.6) is 5.75 Å². The summed E-state index contributed by atoms with van der Waals surface area (Å²) in [5.74, 6) is -0.600. The molecule has 0 bridgehead atoms. The predicted molar refractivity (Wildman–Crippen MR) is 66.6 cm³/mol. The van der Waals surface area contributed by atoms with Crippen molar-refractivity contribution in [1.82, 2.24) is 9.97 Å². The number of thiol groups is 1. The van der Waals surface area contributed by atoms with Crippen LogP contribution in [0.3, 0.4) is 0 Å². The number of methoxy groups -OCH3 is 1. The van der Waals surface area contributed by atoms with E-state index in [1.807, 2.05) is 0 Å². The van der Waals surface area contributed by atoms with Gasteiger partial charge in [-0.05, 0) is 12.1 Å². The quantitative estimate of drug-likeness (QED) is 0.869. The summed E-state index contributed by atoms with van der Waals surface area (Å²) < 4.78 is 32.1. The minimum absolute atomic E-state index is 0.0683. The lowest BCUT2D eigenvalue weighted by Crippen LogP contribution is -1.97. The molecule has 0 amide bonds. The highest BCUT2D eigenvalue weighted by Crippen LogP contribution is 2.27. The highest BCUT2D eigenvalue weighted by atomic mass is 32.1. The maximum absolute atomic E-state index is 13.8. The first kappa shape index (κ1) is 12.8. The number of rotatable bonds is 3. The standard InChI is InChI=1S/C12H10F2N2OS/c1-17-11-5-8(13)7(4-9(11)14)10-2-3-15-12(6-18)16-10/h2-5,18H,6H2,1H3. The Morgan fingerprint density at radius 3 is 2.72 bits per heavy atom. The third-order valence-electron chi connectivity index (χ3n) is 2.36. The summed E-state index contributed by atoms with van der Waals surface area (Å²) >= 11 is 4.03. The van der Waals surface area contributed by atoms with Gasteiger partial charge in [-0.25, -0.2) is 18.7 Å². The zero-order valence-electron chi connectivity index (χ0n) is 9.52. The van der Waals surface area contributed by atoms with E-state index in [4.69, 9.17) is 4.74 Å². The Balaban J connectivity index is 2.53. The molecule has 0 saturated heterocycles. The van der Waals surface area contributed by atoms with Gasteiger partial charge in [0.05, 0.1) is 18.6 Å². The maximum atomic E-state index is 13.8. The molecule has 18 heavy (non-hydrogen) atoms. The van der Waals surface area contributed by atoms with Gasteiger partial charge >= 0.3 is 0 Å². The van der Waals surface area contributed by atoms with Crippen molar-refractivity contribution in [3.05, 3.63) is 41.9 Å². The Kier molecular flexibility index (Phi) is 3.76. The topological polar surface area (TPSA) is 35.0 Å². The summed E-state index contributed by atoms with van der Waals surface area (Å²) in [6.07, 6.45) is 1.48. The molecule has 0 N–H and O–H groups in total.